The smallest absolute Gasteiger partial charge is 0.105 e. The minimum Gasteiger partial charge on any atom is -0.328 e. The molecule has 1 aliphatic heterocycles. The summed E-state index contributed by atoms with van der Waals surface area (Å²) in [5.41, 5.74) is 9.98. The fraction of sp³-hybridized carbons (Fsp3) is 0.250. The number of rotatable bonds is 3. The van der Waals surface area contributed by atoms with E-state index in [0.717, 1.165) is 5.75 Å². The summed E-state index contributed by atoms with van der Waals surface area (Å²) in [6, 6.07) is 20.4. The van der Waals surface area contributed by atoms with Gasteiger partial charge in [0, 0.05) is 22.0 Å². The van der Waals surface area contributed by atoms with E-state index in [-0.39, 0.29) is 0 Å². The van der Waals surface area contributed by atoms with Crippen LogP contribution in [-0.2, 0) is 0 Å². The number of allylic oxidation sites excluding steroid dienone is 1. The second-order valence-electron chi connectivity index (χ2n) is 7.47. The first kappa shape index (κ1) is 17.2. The SMILES string of the molecule is Cc1ccc(C2SCC(=C3CC3)N2c2ccc(-c3cccs3)cc2C)cc1. The molecule has 0 amide bonds. The van der Waals surface area contributed by atoms with E-state index in [4.69, 9.17) is 0 Å². The highest BCUT2D eigenvalue weighted by Crippen LogP contribution is 2.51. The molecule has 0 N–H and O–H groups in total. The minimum atomic E-state index is 0.375. The van der Waals surface area contributed by atoms with Crippen LogP contribution in [0.2, 0.25) is 0 Å². The number of hydrogen-bond donors (Lipinski definition) is 0. The second kappa shape index (κ2) is 6.88. The summed E-state index contributed by atoms with van der Waals surface area (Å²) in [4.78, 5) is 3.96. The molecule has 1 aliphatic carbocycles. The number of thiophene rings is 1. The molecule has 0 radical (unpaired) electrons. The lowest BCUT2D eigenvalue weighted by Crippen LogP contribution is -2.21. The van der Waals surface area contributed by atoms with Crippen LogP contribution in [0, 0.1) is 13.8 Å². The molecule has 0 bridgehead atoms. The van der Waals surface area contributed by atoms with Crippen LogP contribution in [0.1, 0.15) is 34.9 Å². The van der Waals surface area contributed by atoms with Crippen molar-refractivity contribution in [3.8, 4) is 10.4 Å². The number of anilines is 1. The van der Waals surface area contributed by atoms with Crippen molar-refractivity contribution in [1.82, 2.24) is 0 Å². The second-order valence-corrected chi connectivity index (χ2v) is 9.49. The van der Waals surface area contributed by atoms with Crippen molar-refractivity contribution in [2.75, 3.05) is 10.7 Å². The number of hydrogen-bond acceptors (Lipinski definition) is 3. The molecule has 27 heavy (non-hydrogen) atoms. The average molecular weight is 390 g/mol. The van der Waals surface area contributed by atoms with Crippen molar-refractivity contribution in [3.63, 3.8) is 0 Å². The van der Waals surface area contributed by atoms with Gasteiger partial charge in [-0.1, -0.05) is 42.0 Å². The van der Waals surface area contributed by atoms with Crippen molar-refractivity contribution in [3.05, 3.63) is 87.9 Å². The van der Waals surface area contributed by atoms with E-state index >= 15 is 0 Å². The van der Waals surface area contributed by atoms with Crippen LogP contribution in [0.5, 0.6) is 0 Å². The summed E-state index contributed by atoms with van der Waals surface area (Å²) < 4.78 is 0. The lowest BCUT2D eigenvalue weighted by molar-refractivity contribution is 0.916. The van der Waals surface area contributed by atoms with Crippen LogP contribution in [0.4, 0.5) is 5.69 Å². The molecule has 1 saturated heterocycles. The summed E-state index contributed by atoms with van der Waals surface area (Å²) in [6.45, 7) is 4.42. The van der Waals surface area contributed by atoms with E-state index in [0.29, 0.717) is 5.37 Å². The topological polar surface area (TPSA) is 3.24 Å². The zero-order valence-corrected chi connectivity index (χ0v) is 17.4. The number of nitrogens with zero attached hydrogens (tertiary/aromatic N) is 1. The predicted molar refractivity (Wildman–Crippen MR) is 120 cm³/mol. The van der Waals surface area contributed by atoms with Gasteiger partial charge in [-0.15, -0.1) is 23.1 Å². The van der Waals surface area contributed by atoms with Crippen LogP contribution < -0.4 is 4.90 Å². The Morgan fingerprint density at radius 1 is 0.963 bits per heavy atom. The fourth-order valence-corrected chi connectivity index (χ4v) is 5.96. The summed E-state index contributed by atoms with van der Waals surface area (Å²) in [6.07, 6.45) is 2.55. The van der Waals surface area contributed by atoms with Crippen molar-refractivity contribution in [1.29, 1.82) is 0 Å². The Morgan fingerprint density at radius 2 is 1.78 bits per heavy atom. The van der Waals surface area contributed by atoms with Crippen LogP contribution in [-0.4, -0.2) is 5.75 Å². The maximum atomic E-state index is 2.62. The molecule has 1 nitrogen and oxygen atoms in total. The van der Waals surface area contributed by atoms with Crippen molar-refractivity contribution in [2.24, 2.45) is 0 Å². The lowest BCUT2D eigenvalue weighted by Gasteiger charge is -2.29. The summed E-state index contributed by atoms with van der Waals surface area (Å²) in [5.74, 6) is 1.12. The Kier molecular flexibility index (Phi) is 4.37. The largest absolute Gasteiger partial charge is 0.328 e. The minimum absolute atomic E-state index is 0.375. The maximum absolute atomic E-state index is 2.62. The zero-order valence-electron chi connectivity index (χ0n) is 15.7. The van der Waals surface area contributed by atoms with Gasteiger partial charge >= 0.3 is 0 Å². The first-order valence-corrected chi connectivity index (χ1v) is 11.5. The van der Waals surface area contributed by atoms with E-state index < -0.39 is 0 Å². The van der Waals surface area contributed by atoms with Gasteiger partial charge in [0.15, 0.2) is 0 Å². The molecule has 2 aromatic carbocycles. The zero-order chi connectivity index (χ0) is 18.4. The lowest BCUT2D eigenvalue weighted by atomic mass is 10.1. The monoisotopic (exact) mass is 389 g/mol. The molecule has 3 aromatic rings. The summed E-state index contributed by atoms with van der Waals surface area (Å²) >= 11 is 3.87. The Balaban J connectivity index is 1.57. The molecular weight excluding hydrogens is 366 g/mol. The third kappa shape index (κ3) is 3.24. The molecular formula is C24H23NS2. The molecule has 1 unspecified atom stereocenters. The highest BCUT2D eigenvalue weighted by Gasteiger charge is 2.36. The third-order valence-corrected chi connectivity index (χ3v) is 7.59. The van der Waals surface area contributed by atoms with Gasteiger partial charge < -0.3 is 4.90 Å². The van der Waals surface area contributed by atoms with E-state index in [1.165, 1.54) is 45.7 Å². The molecule has 1 aromatic heterocycles. The highest BCUT2D eigenvalue weighted by molar-refractivity contribution is 8.00. The molecule has 5 rings (SSSR count). The van der Waals surface area contributed by atoms with Gasteiger partial charge in [0.1, 0.15) is 5.37 Å². The fourth-order valence-electron chi connectivity index (χ4n) is 3.84. The van der Waals surface area contributed by atoms with Gasteiger partial charge in [0.25, 0.3) is 0 Å². The standard InChI is InChI=1S/C24H23NS2/c1-16-5-7-19(8-6-16)24-25(22(15-27-24)18-9-10-18)21-12-11-20(14-17(21)2)23-4-3-13-26-23/h3-8,11-14,24H,9-10,15H2,1-2H3. The van der Waals surface area contributed by atoms with Gasteiger partial charge in [-0.3, -0.25) is 0 Å². The van der Waals surface area contributed by atoms with E-state index in [1.807, 2.05) is 11.3 Å². The van der Waals surface area contributed by atoms with Gasteiger partial charge in [-0.05, 0) is 72.5 Å². The van der Waals surface area contributed by atoms with Gasteiger partial charge in [-0.2, -0.15) is 0 Å². The van der Waals surface area contributed by atoms with Crippen LogP contribution in [0.3, 0.4) is 0 Å². The molecule has 2 aliphatic rings. The number of thioether (sulfide) groups is 1. The van der Waals surface area contributed by atoms with E-state index in [2.05, 4.69) is 90.5 Å². The maximum Gasteiger partial charge on any atom is 0.105 e. The van der Waals surface area contributed by atoms with Crippen molar-refractivity contribution < 1.29 is 0 Å². The van der Waals surface area contributed by atoms with Gasteiger partial charge in [-0.25, -0.2) is 0 Å². The molecule has 1 atom stereocenters. The highest BCUT2D eigenvalue weighted by atomic mass is 32.2. The van der Waals surface area contributed by atoms with Gasteiger partial charge in [0.05, 0.1) is 0 Å². The Bertz CT molecular complexity index is 993. The third-order valence-electron chi connectivity index (χ3n) is 5.44. The first-order chi connectivity index (χ1) is 13.2. The molecule has 1 saturated carbocycles. The van der Waals surface area contributed by atoms with E-state index in [9.17, 15) is 0 Å². The Hall–Kier alpha value is -1.97. The van der Waals surface area contributed by atoms with Crippen molar-refractivity contribution >= 4 is 28.8 Å². The Labute approximate surface area is 169 Å². The molecule has 2 fully saturated rings. The molecule has 136 valence electrons. The van der Waals surface area contributed by atoms with Gasteiger partial charge in [0.2, 0.25) is 0 Å². The molecule has 0 spiro atoms. The van der Waals surface area contributed by atoms with Crippen LogP contribution in [0.25, 0.3) is 10.4 Å². The summed E-state index contributed by atoms with van der Waals surface area (Å²) in [7, 11) is 0. The normalized spacial score (nSPS) is 19.0. The predicted octanol–water partition coefficient (Wildman–Crippen LogP) is 7.33. The number of benzene rings is 2. The Morgan fingerprint density at radius 3 is 2.44 bits per heavy atom. The average Bonchev–Trinajstić information content (AvgIpc) is 3.19. The first-order valence-electron chi connectivity index (χ1n) is 9.53. The molecule has 2 heterocycles. The number of aryl methyl sites for hydroxylation is 2. The summed E-state index contributed by atoms with van der Waals surface area (Å²) in [5, 5.41) is 2.53. The molecule has 3 heteroatoms. The van der Waals surface area contributed by atoms with Crippen molar-refractivity contribution in [2.45, 2.75) is 32.1 Å². The van der Waals surface area contributed by atoms with Crippen LogP contribution in [0.15, 0.2) is 71.2 Å². The van der Waals surface area contributed by atoms with E-state index in [1.54, 1.807) is 11.3 Å². The quantitative estimate of drug-likeness (QED) is 0.461. The van der Waals surface area contributed by atoms with Crippen LogP contribution >= 0.6 is 23.1 Å².